The third kappa shape index (κ3) is 2.52. The van der Waals surface area contributed by atoms with Gasteiger partial charge in [0.1, 0.15) is 5.75 Å². The molecule has 0 saturated carbocycles. The standard InChI is InChI=1S/C15H23NO2/c1-12-3-4-14(17-2)13(11-12)15(5-8-16)6-9-18-10-7-15/h3-4,11H,5-10,16H2,1-2H3. The Labute approximate surface area is 109 Å². The lowest BCUT2D eigenvalue weighted by atomic mass is 9.71. The van der Waals surface area contributed by atoms with Crippen molar-refractivity contribution >= 4 is 0 Å². The van der Waals surface area contributed by atoms with E-state index in [-0.39, 0.29) is 5.41 Å². The van der Waals surface area contributed by atoms with E-state index in [1.165, 1.54) is 11.1 Å². The Morgan fingerprint density at radius 1 is 1.33 bits per heavy atom. The molecule has 2 N–H and O–H groups in total. The average molecular weight is 249 g/mol. The smallest absolute Gasteiger partial charge is 0.122 e. The predicted molar refractivity (Wildman–Crippen MR) is 73.1 cm³/mol. The van der Waals surface area contributed by atoms with Gasteiger partial charge in [0, 0.05) is 24.2 Å². The lowest BCUT2D eigenvalue weighted by Gasteiger charge is -2.38. The number of rotatable bonds is 4. The first kappa shape index (κ1) is 13.4. The van der Waals surface area contributed by atoms with Crippen LogP contribution in [-0.2, 0) is 10.2 Å². The minimum Gasteiger partial charge on any atom is -0.496 e. The van der Waals surface area contributed by atoms with Gasteiger partial charge in [-0.2, -0.15) is 0 Å². The monoisotopic (exact) mass is 249 g/mol. The maximum atomic E-state index is 5.83. The molecule has 3 heteroatoms. The van der Waals surface area contributed by atoms with Crippen LogP contribution in [0.3, 0.4) is 0 Å². The molecule has 1 aromatic rings. The number of benzene rings is 1. The molecular formula is C15H23NO2. The van der Waals surface area contributed by atoms with E-state index in [0.29, 0.717) is 6.54 Å². The normalized spacial score (nSPS) is 18.6. The highest BCUT2D eigenvalue weighted by molar-refractivity contribution is 5.42. The summed E-state index contributed by atoms with van der Waals surface area (Å²) in [6.45, 7) is 4.46. The summed E-state index contributed by atoms with van der Waals surface area (Å²) in [6.07, 6.45) is 3.06. The summed E-state index contributed by atoms with van der Waals surface area (Å²) < 4.78 is 11.1. The lowest BCUT2D eigenvalue weighted by Crippen LogP contribution is -2.36. The summed E-state index contributed by atoms with van der Waals surface area (Å²) in [7, 11) is 1.74. The topological polar surface area (TPSA) is 44.5 Å². The van der Waals surface area contributed by atoms with Gasteiger partial charge in [-0.15, -0.1) is 0 Å². The number of hydrogen-bond acceptors (Lipinski definition) is 3. The number of aryl methyl sites for hydroxylation is 1. The molecule has 1 aromatic carbocycles. The van der Waals surface area contributed by atoms with E-state index >= 15 is 0 Å². The Bertz CT molecular complexity index is 392. The van der Waals surface area contributed by atoms with Crippen LogP contribution >= 0.6 is 0 Å². The van der Waals surface area contributed by atoms with Crippen molar-refractivity contribution in [3.05, 3.63) is 29.3 Å². The van der Waals surface area contributed by atoms with Crippen LogP contribution in [0.1, 0.15) is 30.4 Å². The fourth-order valence-corrected chi connectivity index (χ4v) is 2.93. The fraction of sp³-hybridized carbons (Fsp3) is 0.600. The van der Waals surface area contributed by atoms with Gasteiger partial charge in [0.2, 0.25) is 0 Å². The molecule has 0 unspecified atom stereocenters. The third-order valence-corrected chi connectivity index (χ3v) is 4.00. The van der Waals surface area contributed by atoms with Crippen LogP contribution in [-0.4, -0.2) is 26.9 Å². The molecule has 0 bridgehead atoms. The summed E-state index contributed by atoms with van der Waals surface area (Å²) >= 11 is 0. The molecule has 0 aromatic heterocycles. The van der Waals surface area contributed by atoms with Crippen molar-refractivity contribution in [1.29, 1.82) is 0 Å². The zero-order valence-corrected chi connectivity index (χ0v) is 11.4. The largest absolute Gasteiger partial charge is 0.496 e. The first-order valence-electron chi connectivity index (χ1n) is 6.65. The number of ether oxygens (including phenoxy) is 2. The minimum atomic E-state index is 0.129. The maximum Gasteiger partial charge on any atom is 0.122 e. The molecule has 3 nitrogen and oxygen atoms in total. The van der Waals surface area contributed by atoms with Crippen LogP contribution < -0.4 is 10.5 Å². The van der Waals surface area contributed by atoms with Gasteiger partial charge in [0.05, 0.1) is 7.11 Å². The highest BCUT2D eigenvalue weighted by atomic mass is 16.5. The summed E-state index contributed by atoms with van der Waals surface area (Å²) in [6, 6.07) is 6.41. The molecule has 0 spiro atoms. The molecule has 1 saturated heterocycles. The first-order chi connectivity index (χ1) is 8.72. The molecule has 100 valence electrons. The lowest BCUT2D eigenvalue weighted by molar-refractivity contribution is 0.0468. The van der Waals surface area contributed by atoms with E-state index in [1.54, 1.807) is 7.11 Å². The first-order valence-corrected chi connectivity index (χ1v) is 6.65. The second-order valence-electron chi connectivity index (χ2n) is 5.14. The molecule has 0 atom stereocenters. The summed E-state index contributed by atoms with van der Waals surface area (Å²) in [5, 5.41) is 0. The van der Waals surface area contributed by atoms with E-state index in [4.69, 9.17) is 15.2 Å². The molecule has 1 aliphatic rings. The van der Waals surface area contributed by atoms with Crippen LogP contribution in [0, 0.1) is 6.92 Å². The highest BCUT2D eigenvalue weighted by Crippen LogP contribution is 2.42. The van der Waals surface area contributed by atoms with E-state index in [0.717, 1.165) is 38.2 Å². The summed E-state index contributed by atoms with van der Waals surface area (Å²) in [5.41, 5.74) is 8.54. The van der Waals surface area contributed by atoms with Crippen molar-refractivity contribution in [3.63, 3.8) is 0 Å². The third-order valence-electron chi connectivity index (χ3n) is 4.00. The number of hydrogen-bond donors (Lipinski definition) is 1. The quantitative estimate of drug-likeness (QED) is 0.891. The molecule has 0 amide bonds. The predicted octanol–water partition coefficient (Wildman–Crippen LogP) is 2.40. The van der Waals surface area contributed by atoms with E-state index < -0.39 is 0 Å². The fourth-order valence-electron chi connectivity index (χ4n) is 2.93. The van der Waals surface area contributed by atoms with Gasteiger partial charge in [0.15, 0.2) is 0 Å². The molecular weight excluding hydrogens is 226 g/mol. The van der Waals surface area contributed by atoms with Gasteiger partial charge in [-0.25, -0.2) is 0 Å². The van der Waals surface area contributed by atoms with Crippen molar-refractivity contribution in [2.24, 2.45) is 5.73 Å². The van der Waals surface area contributed by atoms with Gasteiger partial charge in [-0.1, -0.05) is 17.7 Å². The van der Waals surface area contributed by atoms with Crippen molar-refractivity contribution in [1.82, 2.24) is 0 Å². The Balaban J connectivity index is 2.43. The van der Waals surface area contributed by atoms with Crippen molar-refractivity contribution < 1.29 is 9.47 Å². The van der Waals surface area contributed by atoms with E-state index in [2.05, 4.69) is 25.1 Å². The Morgan fingerprint density at radius 2 is 2.06 bits per heavy atom. The molecule has 2 rings (SSSR count). The molecule has 1 heterocycles. The summed E-state index contributed by atoms with van der Waals surface area (Å²) in [4.78, 5) is 0. The second-order valence-corrected chi connectivity index (χ2v) is 5.14. The zero-order chi connectivity index (χ0) is 13.0. The second kappa shape index (κ2) is 5.72. The van der Waals surface area contributed by atoms with Gasteiger partial charge in [0.25, 0.3) is 0 Å². The molecule has 1 fully saturated rings. The van der Waals surface area contributed by atoms with Gasteiger partial charge >= 0.3 is 0 Å². The van der Waals surface area contributed by atoms with E-state index in [9.17, 15) is 0 Å². The van der Waals surface area contributed by atoms with Crippen molar-refractivity contribution in [2.75, 3.05) is 26.9 Å². The number of nitrogens with two attached hydrogens (primary N) is 1. The van der Waals surface area contributed by atoms with Crippen LogP contribution in [0.25, 0.3) is 0 Å². The molecule has 18 heavy (non-hydrogen) atoms. The Morgan fingerprint density at radius 3 is 2.67 bits per heavy atom. The van der Waals surface area contributed by atoms with Crippen LogP contribution in [0.15, 0.2) is 18.2 Å². The zero-order valence-electron chi connectivity index (χ0n) is 11.4. The van der Waals surface area contributed by atoms with Gasteiger partial charge < -0.3 is 15.2 Å². The molecule has 0 aliphatic carbocycles. The highest BCUT2D eigenvalue weighted by Gasteiger charge is 2.36. The molecule has 0 radical (unpaired) electrons. The molecule has 1 aliphatic heterocycles. The van der Waals surface area contributed by atoms with Gasteiger partial charge in [-0.05, 0) is 38.8 Å². The van der Waals surface area contributed by atoms with Crippen molar-refractivity contribution in [2.45, 2.75) is 31.6 Å². The van der Waals surface area contributed by atoms with Gasteiger partial charge in [-0.3, -0.25) is 0 Å². The average Bonchev–Trinajstić information content (AvgIpc) is 2.40. The SMILES string of the molecule is COc1ccc(C)cc1C1(CCN)CCOCC1. The van der Waals surface area contributed by atoms with Crippen LogP contribution in [0.2, 0.25) is 0 Å². The van der Waals surface area contributed by atoms with E-state index in [1.807, 2.05) is 0 Å². The Kier molecular flexibility index (Phi) is 4.25. The Hall–Kier alpha value is -1.06. The van der Waals surface area contributed by atoms with Crippen LogP contribution in [0.5, 0.6) is 5.75 Å². The van der Waals surface area contributed by atoms with Crippen molar-refractivity contribution in [3.8, 4) is 5.75 Å². The maximum absolute atomic E-state index is 5.83. The summed E-state index contributed by atoms with van der Waals surface area (Å²) in [5.74, 6) is 0.982. The number of methoxy groups -OCH3 is 1. The minimum absolute atomic E-state index is 0.129. The van der Waals surface area contributed by atoms with Crippen LogP contribution in [0.4, 0.5) is 0 Å².